The Balaban J connectivity index is 1.70. The van der Waals surface area contributed by atoms with Gasteiger partial charge in [0.25, 0.3) is 0 Å². The lowest BCUT2D eigenvalue weighted by Crippen LogP contribution is -2.14. The van der Waals surface area contributed by atoms with E-state index in [9.17, 15) is 4.79 Å². The van der Waals surface area contributed by atoms with Gasteiger partial charge in [0.15, 0.2) is 0 Å². The van der Waals surface area contributed by atoms with Gasteiger partial charge in [0.05, 0.1) is 18.8 Å². The molecular weight excluding hydrogens is 268 g/mol. The zero-order valence-corrected chi connectivity index (χ0v) is 13.5. The minimum atomic E-state index is -0.564. The molecule has 0 aromatic carbocycles. The van der Waals surface area contributed by atoms with E-state index < -0.39 is 6.10 Å². The highest BCUT2D eigenvalue weighted by atomic mass is 16.6. The van der Waals surface area contributed by atoms with E-state index in [1.54, 1.807) is 6.92 Å². The van der Waals surface area contributed by atoms with Crippen LogP contribution in [0.25, 0.3) is 0 Å². The van der Waals surface area contributed by atoms with Gasteiger partial charge >= 0.3 is 5.97 Å². The van der Waals surface area contributed by atoms with Crippen LogP contribution in [0.5, 0.6) is 0 Å². The molecule has 0 bridgehead atoms. The zero-order chi connectivity index (χ0) is 15.3. The zero-order valence-electron chi connectivity index (χ0n) is 13.5. The van der Waals surface area contributed by atoms with E-state index >= 15 is 0 Å². The number of hydrogen-bond acceptors (Lipinski definition) is 4. The summed E-state index contributed by atoms with van der Waals surface area (Å²) in [6.45, 7) is 2.73. The Kier molecular flexibility index (Phi) is 10.5. The van der Waals surface area contributed by atoms with Crippen molar-refractivity contribution in [3.63, 3.8) is 0 Å². The molecule has 1 N–H and O–H groups in total. The largest absolute Gasteiger partial charge is 0.463 e. The van der Waals surface area contributed by atoms with Crippen molar-refractivity contribution in [1.29, 1.82) is 0 Å². The van der Waals surface area contributed by atoms with Gasteiger partial charge < -0.3 is 14.6 Å². The predicted molar refractivity (Wildman–Crippen MR) is 83.2 cm³/mol. The molecule has 2 unspecified atom stereocenters. The average molecular weight is 300 g/mol. The number of aliphatic hydroxyl groups is 1. The van der Waals surface area contributed by atoms with Gasteiger partial charge in [0.2, 0.25) is 0 Å². The third-order valence-corrected chi connectivity index (χ3v) is 3.79. The van der Waals surface area contributed by atoms with Crippen LogP contribution in [-0.2, 0) is 14.3 Å². The van der Waals surface area contributed by atoms with Crippen molar-refractivity contribution in [2.24, 2.45) is 0 Å². The van der Waals surface area contributed by atoms with Gasteiger partial charge in [-0.05, 0) is 19.8 Å². The Bertz CT molecular complexity index is 262. The summed E-state index contributed by atoms with van der Waals surface area (Å²) in [4.78, 5) is 11.3. The molecule has 21 heavy (non-hydrogen) atoms. The Hall–Kier alpha value is -0.610. The summed E-state index contributed by atoms with van der Waals surface area (Å²) in [6.07, 6.45) is 12.9. The molecule has 1 aliphatic rings. The summed E-state index contributed by atoms with van der Waals surface area (Å²) < 4.78 is 10.1. The SMILES string of the molecule is CC(O)COC(=O)CCCCCCCCCCCC1CO1. The van der Waals surface area contributed by atoms with Gasteiger partial charge in [0.1, 0.15) is 6.61 Å². The standard InChI is InChI=1S/C17H32O4/c1-15(18)13-21-17(19)12-10-8-6-4-2-3-5-7-9-11-16-14-20-16/h15-16,18H,2-14H2,1H3. The van der Waals surface area contributed by atoms with Gasteiger partial charge in [-0.1, -0.05) is 51.4 Å². The molecule has 0 aromatic rings. The van der Waals surface area contributed by atoms with Crippen molar-refractivity contribution >= 4 is 5.97 Å². The number of carbonyl (C=O) groups excluding carboxylic acids is 1. The van der Waals surface area contributed by atoms with Gasteiger partial charge in [-0.3, -0.25) is 4.79 Å². The number of esters is 1. The number of epoxide rings is 1. The molecule has 0 saturated carbocycles. The number of unbranched alkanes of at least 4 members (excludes halogenated alkanes) is 8. The quantitative estimate of drug-likeness (QED) is 0.302. The smallest absolute Gasteiger partial charge is 0.305 e. The number of ether oxygens (including phenoxy) is 2. The van der Waals surface area contributed by atoms with Gasteiger partial charge in [0, 0.05) is 6.42 Å². The highest BCUT2D eigenvalue weighted by Gasteiger charge is 2.20. The van der Waals surface area contributed by atoms with E-state index in [0.717, 1.165) is 19.4 Å². The molecule has 0 aromatic heterocycles. The fraction of sp³-hybridized carbons (Fsp3) is 0.941. The molecule has 0 aliphatic carbocycles. The van der Waals surface area contributed by atoms with Gasteiger partial charge in [-0.2, -0.15) is 0 Å². The van der Waals surface area contributed by atoms with Crippen molar-refractivity contribution in [3.05, 3.63) is 0 Å². The Morgan fingerprint density at radius 1 is 1.10 bits per heavy atom. The normalized spacial score (nSPS) is 18.5. The first-order chi connectivity index (χ1) is 10.2. The summed E-state index contributed by atoms with van der Waals surface area (Å²) in [7, 11) is 0. The lowest BCUT2D eigenvalue weighted by molar-refractivity contribution is -0.146. The van der Waals surface area contributed by atoms with Crippen LogP contribution in [0.1, 0.15) is 77.6 Å². The second-order valence-corrected chi connectivity index (χ2v) is 6.21. The average Bonchev–Trinajstić information content (AvgIpc) is 3.26. The Labute approximate surface area is 129 Å². The topological polar surface area (TPSA) is 59.1 Å². The second-order valence-electron chi connectivity index (χ2n) is 6.21. The Morgan fingerprint density at radius 3 is 2.14 bits per heavy atom. The lowest BCUT2D eigenvalue weighted by Gasteiger charge is -2.06. The van der Waals surface area contributed by atoms with Crippen molar-refractivity contribution in [2.45, 2.75) is 89.8 Å². The van der Waals surface area contributed by atoms with Crippen molar-refractivity contribution < 1.29 is 19.4 Å². The predicted octanol–water partition coefficient (Wildman–Crippen LogP) is 3.60. The molecule has 1 saturated heterocycles. The lowest BCUT2D eigenvalue weighted by atomic mass is 10.1. The maximum Gasteiger partial charge on any atom is 0.305 e. The summed E-state index contributed by atoms with van der Waals surface area (Å²) in [6, 6.07) is 0. The van der Waals surface area contributed by atoms with E-state index in [1.807, 2.05) is 0 Å². The molecular formula is C17H32O4. The van der Waals surface area contributed by atoms with Crippen LogP contribution < -0.4 is 0 Å². The molecule has 4 nitrogen and oxygen atoms in total. The highest BCUT2D eigenvalue weighted by Crippen LogP contribution is 2.18. The van der Waals surface area contributed by atoms with E-state index in [-0.39, 0.29) is 12.6 Å². The monoisotopic (exact) mass is 300 g/mol. The van der Waals surface area contributed by atoms with Crippen LogP contribution in [0.2, 0.25) is 0 Å². The van der Waals surface area contributed by atoms with Crippen molar-refractivity contribution in [2.75, 3.05) is 13.2 Å². The summed E-state index contributed by atoms with van der Waals surface area (Å²) in [5.41, 5.74) is 0. The van der Waals surface area contributed by atoms with E-state index in [1.165, 1.54) is 51.4 Å². The first kappa shape index (κ1) is 18.4. The molecule has 1 rings (SSSR count). The molecule has 0 spiro atoms. The number of rotatable bonds is 14. The second kappa shape index (κ2) is 12.0. The summed E-state index contributed by atoms with van der Waals surface area (Å²) in [5, 5.41) is 8.99. The number of hydrogen-bond donors (Lipinski definition) is 1. The van der Waals surface area contributed by atoms with Gasteiger partial charge in [-0.15, -0.1) is 0 Å². The first-order valence-corrected chi connectivity index (χ1v) is 8.64. The third kappa shape index (κ3) is 12.8. The number of aliphatic hydroxyl groups excluding tert-OH is 1. The minimum absolute atomic E-state index is 0.117. The van der Waals surface area contributed by atoms with Crippen LogP contribution >= 0.6 is 0 Å². The maximum absolute atomic E-state index is 11.3. The van der Waals surface area contributed by atoms with Gasteiger partial charge in [-0.25, -0.2) is 0 Å². The number of carbonyl (C=O) groups is 1. The summed E-state index contributed by atoms with van der Waals surface area (Å²) >= 11 is 0. The first-order valence-electron chi connectivity index (χ1n) is 8.64. The van der Waals surface area contributed by atoms with Crippen LogP contribution in [-0.4, -0.2) is 36.5 Å². The van der Waals surface area contributed by atoms with Crippen molar-refractivity contribution in [1.82, 2.24) is 0 Å². The molecule has 0 radical (unpaired) electrons. The molecule has 1 aliphatic heterocycles. The highest BCUT2D eigenvalue weighted by molar-refractivity contribution is 5.69. The van der Waals surface area contributed by atoms with E-state index in [0.29, 0.717) is 12.5 Å². The van der Waals surface area contributed by atoms with Crippen molar-refractivity contribution in [3.8, 4) is 0 Å². The molecule has 2 atom stereocenters. The fourth-order valence-electron chi connectivity index (χ4n) is 2.40. The van der Waals surface area contributed by atoms with E-state index in [2.05, 4.69) is 0 Å². The molecule has 1 heterocycles. The third-order valence-electron chi connectivity index (χ3n) is 3.79. The molecule has 1 fully saturated rings. The van der Waals surface area contributed by atoms with Crippen LogP contribution in [0.4, 0.5) is 0 Å². The molecule has 4 heteroatoms. The van der Waals surface area contributed by atoms with Crippen LogP contribution in [0.15, 0.2) is 0 Å². The van der Waals surface area contributed by atoms with Crippen LogP contribution in [0, 0.1) is 0 Å². The van der Waals surface area contributed by atoms with Crippen LogP contribution in [0.3, 0.4) is 0 Å². The fourth-order valence-corrected chi connectivity index (χ4v) is 2.40. The minimum Gasteiger partial charge on any atom is -0.463 e. The molecule has 0 amide bonds. The summed E-state index contributed by atoms with van der Waals surface area (Å²) in [5.74, 6) is -0.185. The Morgan fingerprint density at radius 2 is 1.62 bits per heavy atom. The molecule has 124 valence electrons. The van der Waals surface area contributed by atoms with E-state index in [4.69, 9.17) is 14.6 Å². The maximum atomic E-state index is 11.3.